The molecule has 0 bridgehead atoms. The Morgan fingerprint density at radius 1 is 1.19 bits per heavy atom. The minimum Gasteiger partial charge on any atom is -0.379 e. The van der Waals surface area contributed by atoms with Crippen LogP contribution in [0.4, 0.5) is 4.79 Å². The van der Waals surface area contributed by atoms with Crippen molar-refractivity contribution in [1.29, 1.82) is 0 Å². The van der Waals surface area contributed by atoms with Gasteiger partial charge in [0.15, 0.2) is 0 Å². The highest BCUT2D eigenvalue weighted by molar-refractivity contribution is 6.31. The van der Waals surface area contributed by atoms with E-state index >= 15 is 0 Å². The molecule has 0 unspecified atom stereocenters. The Hall–Kier alpha value is -2.09. The van der Waals surface area contributed by atoms with E-state index in [9.17, 15) is 9.59 Å². The third-order valence-corrected chi connectivity index (χ3v) is 5.79. The summed E-state index contributed by atoms with van der Waals surface area (Å²) in [6.45, 7) is 5.12. The molecule has 0 aliphatic carbocycles. The number of likely N-dealkylation sites (N-methyl/N-ethyl adjacent to an activating group) is 1. The number of hydrogen-bond donors (Lipinski definition) is 1. The van der Waals surface area contributed by atoms with Crippen molar-refractivity contribution >= 4 is 23.5 Å². The number of morpholine rings is 1. The highest BCUT2D eigenvalue weighted by Crippen LogP contribution is 2.37. The van der Waals surface area contributed by atoms with E-state index in [-0.39, 0.29) is 11.9 Å². The first-order valence-corrected chi connectivity index (χ1v) is 9.55. The quantitative estimate of drug-likeness (QED) is 0.845. The normalized spacial score (nSPS) is 23.7. The minimum atomic E-state index is -0.515. The zero-order valence-corrected chi connectivity index (χ0v) is 16.0. The molecule has 3 heterocycles. The zero-order valence-electron chi connectivity index (χ0n) is 15.3. The molecule has 3 aliphatic rings. The molecule has 0 spiro atoms. The zero-order chi connectivity index (χ0) is 19.0. The molecule has 0 radical (unpaired) electrons. The van der Waals surface area contributed by atoms with Crippen LogP contribution in [0.25, 0.3) is 0 Å². The summed E-state index contributed by atoms with van der Waals surface area (Å²) < 4.78 is 5.37. The lowest BCUT2D eigenvalue weighted by Crippen LogP contribution is -2.45. The van der Waals surface area contributed by atoms with Crippen molar-refractivity contribution in [1.82, 2.24) is 20.0 Å². The van der Waals surface area contributed by atoms with Gasteiger partial charge >= 0.3 is 6.03 Å². The van der Waals surface area contributed by atoms with Crippen LogP contribution < -0.4 is 5.32 Å². The predicted octanol–water partition coefficient (Wildman–Crippen LogP) is 1.46. The van der Waals surface area contributed by atoms with Crippen LogP contribution in [0.3, 0.4) is 0 Å². The lowest BCUT2D eigenvalue weighted by molar-refractivity contribution is -0.126. The molecule has 1 fully saturated rings. The molecule has 27 heavy (non-hydrogen) atoms. The third-order valence-electron chi connectivity index (χ3n) is 5.44. The van der Waals surface area contributed by atoms with E-state index < -0.39 is 6.04 Å². The number of benzene rings is 1. The summed E-state index contributed by atoms with van der Waals surface area (Å²) in [5.41, 5.74) is 2.12. The van der Waals surface area contributed by atoms with Crippen LogP contribution >= 0.6 is 11.6 Å². The molecule has 3 amide bonds. The van der Waals surface area contributed by atoms with E-state index in [1.54, 1.807) is 13.1 Å². The summed E-state index contributed by atoms with van der Waals surface area (Å²) in [5.74, 6) is -0.0324. The SMILES string of the molecule is CN1C(=O)N[C@H](c2ccccc2Cl)C2=C1CN(CCN1CCOCC1)C2=O. The van der Waals surface area contributed by atoms with Gasteiger partial charge in [0.2, 0.25) is 0 Å². The maximum absolute atomic E-state index is 13.2. The van der Waals surface area contributed by atoms with Gasteiger partial charge < -0.3 is 15.0 Å². The first-order chi connectivity index (χ1) is 13.1. The van der Waals surface area contributed by atoms with Crippen molar-refractivity contribution in [3.8, 4) is 0 Å². The van der Waals surface area contributed by atoms with Gasteiger partial charge in [-0.25, -0.2) is 4.79 Å². The highest BCUT2D eigenvalue weighted by atomic mass is 35.5. The molecule has 1 aromatic carbocycles. The van der Waals surface area contributed by atoms with Crippen LogP contribution in [0.2, 0.25) is 5.02 Å². The molecule has 144 valence electrons. The monoisotopic (exact) mass is 390 g/mol. The van der Waals surface area contributed by atoms with Gasteiger partial charge in [0.1, 0.15) is 0 Å². The average Bonchev–Trinajstić information content (AvgIpc) is 3.01. The second-order valence-corrected chi connectivity index (χ2v) is 7.41. The summed E-state index contributed by atoms with van der Waals surface area (Å²) in [5, 5.41) is 3.46. The lowest BCUT2D eigenvalue weighted by atomic mass is 9.96. The number of nitrogens with one attached hydrogen (secondary N) is 1. The number of carbonyl (C=O) groups excluding carboxylic acids is 2. The van der Waals surface area contributed by atoms with Gasteiger partial charge in [-0.1, -0.05) is 29.8 Å². The number of nitrogens with zero attached hydrogens (tertiary/aromatic N) is 3. The number of rotatable bonds is 4. The fourth-order valence-corrected chi connectivity index (χ4v) is 4.08. The summed E-state index contributed by atoms with van der Waals surface area (Å²) in [7, 11) is 1.70. The van der Waals surface area contributed by atoms with E-state index in [2.05, 4.69) is 10.2 Å². The predicted molar refractivity (Wildman–Crippen MR) is 101 cm³/mol. The van der Waals surface area contributed by atoms with Crippen molar-refractivity contribution in [2.24, 2.45) is 0 Å². The topological polar surface area (TPSA) is 65.1 Å². The number of ether oxygens (including phenoxy) is 1. The van der Waals surface area contributed by atoms with Crippen LogP contribution in [0.5, 0.6) is 0 Å². The molecule has 3 aliphatic heterocycles. The van der Waals surface area contributed by atoms with Gasteiger partial charge in [0.25, 0.3) is 5.91 Å². The summed E-state index contributed by atoms with van der Waals surface area (Å²) in [4.78, 5) is 31.3. The number of halogens is 1. The van der Waals surface area contributed by atoms with Crippen molar-refractivity contribution < 1.29 is 14.3 Å². The molecular formula is C19H23ClN4O3. The molecule has 4 rings (SSSR count). The Morgan fingerprint density at radius 3 is 2.67 bits per heavy atom. The Kier molecular flexibility index (Phi) is 5.08. The fourth-order valence-electron chi connectivity index (χ4n) is 3.83. The van der Waals surface area contributed by atoms with Gasteiger partial charge in [-0.3, -0.25) is 14.6 Å². The molecule has 0 aromatic heterocycles. The molecule has 1 saturated heterocycles. The molecule has 8 heteroatoms. The molecule has 1 N–H and O–H groups in total. The Morgan fingerprint density at radius 2 is 1.93 bits per heavy atom. The fraction of sp³-hybridized carbons (Fsp3) is 0.474. The smallest absolute Gasteiger partial charge is 0.322 e. The van der Waals surface area contributed by atoms with Crippen molar-refractivity contribution in [3.05, 3.63) is 46.1 Å². The Labute approximate surface area is 163 Å². The van der Waals surface area contributed by atoms with E-state index in [1.165, 1.54) is 4.90 Å². The summed E-state index contributed by atoms with van der Waals surface area (Å²) in [6, 6.07) is 6.59. The van der Waals surface area contributed by atoms with E-state index in [4.69, 9.17) is 16.3 Å². The van der Waals surface area contributed by atoms with Crippen molar-refractivity contribution in [2.45, 2.75) is 6.04 Å². The number of hydrogen-bond acceptors (Lipinski definition) is 4. The number of amides is 3. The van der Waals surface area contributed by atoms with Crippen LogP contribution in [0.1, 0.15) is 11.6 Å². The van der Waals surface area contributed by atoms with Crippen molar-refractivity contribution in [3.63, 3.8) is 0 Å². The van der Waals surface area contributed by atoms with Crippen LogP contribution in [0, 0.1) is 0 Å². The van der Waals surface area contributed by atoms with Crippen LogP contribution in [-0.2, 0) is 9.53 Å². The second-order valence-electron chi connectivity index (χ2n) is 7.00. The van der Waals surface area contributed by atoms with Gasteiger partial charge in [-0.05, 0) is 11.6 Å². The standard InChI is InChI=1S/C19H23ClN4O3/c1-22-15-12-24(7-6-23-8-10-27-11-9-23)18(25)16(15)17(21-19(22)26)13-4-2-3-5-14(13)20/h2-5,17H,6-12H2,1H3,(H,21,26)/t17-/m1/s1. The molecular weight excluding hydrogens is 368 g/mol. The third kappa shape index (κ3) is 3.42. The van der Waals surface area contributed by atoms with E-state index in [0.29, 0.717) is 23.7 Å². The molecule has 1 aromatic rings. The molecule has 7 nitrogen and oxygen atoms in total. The molecule has 0 saturated carbocycles. The first-order valence-electron chi connectivity index (χ1n) is 9.17. The Balaban J connectivity index is 1.56. The van der Waals surface area contributed by atoms with Gasteiger partial charge in [0, 0.05) is 38.2 Å². The second kappa shape index (κ2) is 7.50. The largest absolute Gasteiger partial charge is 0.379 e. The minimum absolute atomic E-state index is 0.0324. The number of carbonyl (C=O) groups is 2. The maximum Gasteiger partial charge on any atom is 0.322 e. The first kappa shape index (κ1) is 18.3. The van der Waals surface area contributed by atoms with E-state index in [1.807, 2.05) is 23.1 Å². The summed E-state index contributed by atoms with van der Waals surface area (Å²) >= 11 is 6.35. The average molecular weight is 391 g/mol. The van der Waals surface area contributed by atoms with Gasteiger partial charge in [-0.2, -0.15) is 0 Å². The maximum atomic E-state index is 13.2. The van der Waals surface area contributed by atoms with Gasteiger partial charge in [0.05, 0.1) is 37.1 Å². The highest BCUT2D eigenvalue weighted by Gasteiger charge is 2.43. The van der Waals surface area contributed by atoms with E-state index in [0.717, 1.165) is 44.1 Å². The number of urea groups is 1. The van der Waals surface area contributed by atoms with Crippen molar-refractivity contribution in [2.75, 3.05) is 53.0 Å². The van der Waals surface area contributed by atoms with Gasteiger partial charge in [-0.15, -0.1) is 0 Å². The van der Waals surface area contributed by atoms with Crippen LogP contribution in [-0.4, -0.2) is 79.6 Å². The lowest BCUT2D eigenvalue weighted by Gasteiger charge is -2.31. The summed E-state index contributed by atoms with van der Waals surface area (Å²) in [6.07, 6.45) is 0. The van der Waals surface area contributed by atoms with Crippen LogP contribution in [0.15, 0.2) is 35.5 Å². The molecule has 1 atom stereocenters. The Bertz CT molecular complexity index is 791.